The van der Waals surface area contributed by atoms with Crippen LogP contribution in [0.3, 0.4) is 0 Å². The Hall–Kier alpha value is -3.41. The van der Waals surface area contributed by atoms with Crippen molar-refractivity contribution in [2.45, 2.75) is 13.1 Å². The summed E-state index contributed by atoms with van der Waals surface area (Å²) in [6, 6.07) is 2.30. The van der Waals surface area contributed by atoms with E-state index in [1.54, 1.807) is 13.0 Å². The number of morpholine rings is 1. The monoisotopic (exact) mass is 436 g/mol. The van der Waals surface area contributed by atoms with Gasteiger partial charge in [-0.05, 0) is 19.1 Å². The molecule has 0 bridgehead atoms. The van der Waals surface area contributed by atoms with E-state index in [4.69, 9.17) is 15.2 Å². The van der Waals surface area contributed by atoms with Gasteiger partial charge in [-0.15, -0.1) is 5.10 Å². The van der Waals surface area contributed by atoms with E-state index in [0.717, 1.165) is 12.3 Å². The van der Waals surface area contributed by atoms with Crippen LogP contribution in [-0.4, -0.2) is 58.5 Å². The molecule has 0 atom stereocenters. The number of halogens is 3. The lowest BCUT2D eigenvalue weighted by atomic mass is 10.1. The summed E-state index contributed by atoms with van der Waals surface area (Å²) in [5.74, 6) is -0.641. The zero-order valence-electron chi connectivity index (χ0n) is 16.5. The first-order chi connectivity index (χ1) is 14.8. The van der Waals surface area contributed by atoms with Crippen LogP contribution in [0.1, 0.15) is 22.8 Å². The first-order valence-corrected chi connectivity index (χ1v) is 9.51. The highest BCUT2D eigenvalue weighted by molar-refractivity contribution is 5.92. The number of nitrogens with two attached hydrogens (primary N) is 1. The fraction of sp³-hybridized carbons (Fsp3) is 0.368. The maximum Gasteiger partial charge on any atom is 0.417 e. The van der Waals surface area contributed by atoms with E-state index < -0.39 is 17.7 Å². The number of anilines is 2. The van der Waals surface area contributed by atoms with Gasteiger partial charge in [-0.1, -0.05) is 0 Å². The molecule has 1 aliphatic heterocycles. The zero-order chi connectivity index (χ0) is 22.2. The molecule has 2 N–H and O–H groups in total. The number of aromatic nitrogens is 4. The summed E-state index contributed by atoms with van der Waals surface area (Å²) in [6.07, 6.45) is -2.28. The Balaban J connectivity index is 1.92. The van der Waals surface area contributed by atoms with Crippen molar-refractivity contribution in [3.8, 4) is 11.4 Å². The molecular weight excluding hydrogens is 417 g/mol. The Morgan fingerprint density at radius 2 is 2.03 bits per heavy atom. The van der Waals surface area contributed by atoms with Crippen LogP contribution >= 0.6 is 0 Å². The molecule has 1 saturated heterocycles. The van der Waals surface area contributed by atoms with Crippen molar-refractivity contribution >= 4 is 23.1 Å². The normalized spacial score (nSPS) is 14.8. The number of esters is 1. The molecule has 31 heavy (non-hydrogen) atoms. The number of hydrogen-bond donors (Lipinski definition) is 1. The summed E-state index contributed by atoms with van der Waals surface area (Å²) >= 11 is 0. The molecule has 0 aromatic carbocycles. The third-order valence-corrected chi connectivity index (χ3v) is 4.74. The minimum atomic E-state index is -4.68. The van der Waals surface area contributed by atoms with Gasteiger partial charge >= 0.3 is 12.1 Å². The maximum absolute atomic E-state index is 13.6. The molecule has 1 aliphatic rings. The molecule has 12 heteroatoms. The van der Waals surface area contributed by atoms with Gasteiger partial charge in [0.25, 0.3) is 0 Å². The second kappa shape index (κ2) is 8.02. The van der Waals surface area contributed by atoms with Gasteiger partial charge in [0.15, 0.2) is 11.6 Å². The van der Waals surface area contributed by atoms with Crippen LogP contribution < -0.4 is 10.6 Å². The van der Waals surface area contributed by atoms with Gasteiger partial charge in [0, 0.05) is 25.5 Å². The molecule has 0 aliphatic carbocycles. The third kappa shape index (κ3) is 4.10. The Kier molecular flexibility index (Phi) is 5.39. The van der Waals surface area contributed by atoms with Crippen molar-refractivity contribution in [2.24, 2.45) is 0 Å². The molecule has 4 heterocycles. The van der Waals surface area contributed by atoms with E-state index in [-0.39, 0.29) is 29.4 Å². The highest BCUT2D eigenvalue weighted by Gasteiger charge is 2.35. The average molecular weight is 436 g/mol. The lowest BCUT2D eigenvalue weighted by Gasteiger charge is -2.28. The smallest absolute Gasteiger partial charge is 0.417 e. The second-order valence-corrected chi connectivity index (χ2v) is 6.79. The third-order valence-electron chi connectivity index (χ3n) is 4.74. The molecule has 9 nitrogen and oxygen atoms in total. The highest BCUT2D eigenvalue weighted by atomic mass is 19.4. The van der Waals surface area contributed by atoms with E-state index in [1.165, 1.54) is 10.7 Å². The number of fused-ring (bicyclic) bond motifs is 1. The number of alkyl halides is 3. The van der Waals surface area contributed by atoms with E-state index in [0.29, 0.717) is 37.6 Å². The van der Waals surface area contributed by atoms with Gasteiger partial charge in [-0.2, -0.15) is 13.2 Å². The van der Waals surface area contributed by atoms with Gasteiger partial charge in [0.1, 0.15) is 11.3 Å². The Labute approximate surface area is 174 Å². The van der Waals surface area contributed by atoms with Crippen molar-refractivity contribution in [3.63, 3.8) is 0 Å². The fourth-order valence-electron chi connectivity index (χ4n) is 3.32. The number of carbonyl (C=O) groups is 1. The second-order valence-electron chi connectivity index (χ2n) is 6.79. The first-order valence-electron chi connectivity index (χ1n) is 9.51. The van der Waals surface area contributed by atoms with Crippen LogP contribution in [0, 0.1) is 0 Å². The molecule has 3 aromatic heterocycles. The largest absolute Gasteiger partial charge is 0.462 e. The number of pyridine rings is 1. The van der Waals surface area contributed by atoms with Crippen LogP contribution in [0.4, 0.5) is 24.8 Å². The fourth-order valence-corrected chi connectivity index (χ4v) is 3.32. The van der Waals surface area contributed by atoms with Crippen LogP contribution in [0.25, 0.3) is 16.9 Å². The quantitative estimate of drug-likeness (QED) is 0.622. The molecule has 3 aromatic rings. The predicted molar refractivity (Wildman–Crippen MR) is 105 cm³/mol. The maximum atomic E-state index is 13.6. The van der Waals surface area contributed by atoms with Crippen molar-refractivity contribution in [1.29, 1.82) is 0 Å². The van der Waals surface area contributed by atoms with E-state index >= 15 is 0 Å². The number of nitrogens with zero attached hydrogens (tertiary/aromatic N) is 5. The van der Waals surface area contributed by atoms with Gasteiger partial charge in [0.2, 0.25) is 0 Å². The van der Waals surface area contributed by atoms with Crippen molar-refractivity contribution in [3.05, 3.63) is 35.7 Å². The molecule has 4 rings (SSSR count). The lowest BCUT2D eigenvalue weighted by molar-refractivity contribution is -0.137. The molecule has 0 unspecified atom stereocenters. The SMILES string of the molecule is CCOC(=O)c1cc2c(N3CCOCC3)nc(-c3cnc(N)cc3C(F)(F)F)nn2c1. The van der Waals surface area contributed by atoms with Gasteiger partial charge in [-0.25, -0.2) is 19.3 Å². The highest BCUT2D eigenvalue weighted by Crippen LogP contribution is 2.37. The van der Waals surface area contributed by atoms with Gasteiger partial charge in [-0.3, -0.25) is 0 Å². The summed E-state index contributed by atoms with van der Waals surface area (Å²) in [5, 5.41) is 4.23. The average Bonchev–Trinajstić information content (AvgIpc) is 3.17. The number of ether oxygens (including phenoxy) is 2. The Morgan fingerprint density at radius 3 is 2.71 bits per heavy atom. The standard InChI is InChI=1S/C19H19F3N6O3/c1-2-31-18(29)11-7-14-17(27-3-5-30-6-4-27)25-16(26-28(14)10-11)12-9-24-15(23)8-13(12)19(20,21)22/h7-10H,2-6H2,1H3,(H2,23,24). The van der Waals surface area contributed by atoms with Gasteiger partial charge < -0.3 is 20.1 Å². The van der Waals surface area contributed by atoms with Crippen molar-refractivity contribution < 1.29 is 27.4 Å². The minimum Gasteiger partial charge on any atom is -0.462 e. The number of carbonyl (C=O) groups excluding carboxylic acids is 1. The lowest BCUT2D eigenvalue weighted by Crippen LogP contribution is -2.37. The van der Waals surface area contributed by atoms with Crippen LogP contribution in [0.15, 0.2) is 24.5 Å². The summed E-state index contributed by atoms with van der Waals surface area (Å²) in [5.41, 5.74) is 4.84. The summed E-state index contributed by atoms with van der Waals surface area (Å²) in [7, 11) is 0. The Morgan fingerprint density at radius 1 is 1.29 bits per heavy atom. The van der Waals surface area contributed by atoms with Crippen LogP contribution in [-0.2, 0) is 15.7 Å². The number of hydrogen-bond acceptors (Lipinski definition) is 8. The topological polar surface area (TPSA) is 108 Å². The summed E-state index contributed by atoms with van der Waals surface area (Å²) < 4.78 is 52.7. The minimum absolute atomic E-state index is 0.185. The molecular formula is C19H19F3N6O3. The number of rotatable bonds is 4. The van der Waals surface area contributed by atoms with E-state index in [1.807, 2.05) is 4.90 Å². The summed E-state index contributed by atoms with van der Waals surface area (Å²) in [4.78, 5) is 22.3. The Bertz CT molecular complexity index is 1130. The van der Waals surface area contributed by atoms with Gasteiger partial charge in [0.05, 0.1) is 36.5 Å². The van der Waals surface area contributed by atoms with Crippen LogP contribution in [0.2, 0.25) is 0 Å². The zero-order valence-corrected chi connectivity index (χ0v) is 16.5. The first kappa shape index (κ1) is 20.8. The van der Waals surface area contributed by atoms with E-state index in [9.17, 15) is 18.0 Å². The molecule has 164 valence electrons. The van der Waals surface area contributed by atoms with Crippen molar-refractivity contribution in [1.82, 2.24) is 19.6 Å². The summed E-state index contributed by atoms with van der Waals surface area (Å²) in [6.45, 7) is 3.71. The van der Waals surface area contributed by atoms with Crippen LogP contribution in [0.5, 0.6) is 0 Å². The molecule has 1 fully saturated rings. The molecule has 0 saturated carbocycles. The molecule has 0 amide bonds. The van der Waals surface area contributed by atoms with E-state index in [2.05, 4.69) is 15.1 Å². The molecule has 0 spiro atoms. The predicted octanol–water partition coefficient (Wildman–Crippen LogP) is 2.41. The number of nitrogen functional groups attached to an aromatic ring is 1. The van der Waals surface area contributed by atoms with Crippen molar-refractivity contribution in [2.75, 3.05) is 43.5 Å². The molecule has 0 radical (unpaired) electrons.